The number of carbonyl (C=O) groups is 2. The van der Waals surface area contributed by atoms with Crippen LogP contribution >= 0.6 is 0 Å². The minimum atomic E-state index is -1.13. The van der Waals surface area contributed by atoms with Crippen molar-refractivity contribution in [3.8, 4) is 0 Å². The van der Waals surface area contributed by atoms with E-state index in [4.69, 9.17) is 0 Å². The number of piperidine rings is 1. The first-order chi connectivity index (χ1) is 9.59. The fraction of sp³-hybridized carbons (Fsp3) is 0.308. The lowest BCUT2D eigenvalue weighted by molar-refractivity contribution is -0.125. The number of para-hydroxylation sites is 1. The zero-order valence-electron chi connectivity index (χ0n) is 10.5. The molecule has 0 bridgehead atoms. The Kier molecular flexibility index (Phi) is 2.81. The van der Waals surface area contributed by atoms with Crippen LogP contribution in [0, 0.1) is 0 Å². The van der Waals surface area contributed by atoms with Crippen molar-refractivity contribution in [3.05, 3.63) is 34.2 Å². The average molecular weight is 275 g/mol. The van der Waals surface area contributed by atoms with Crippen molar-refractivity contribution in [1.82, 2.24) is 14.9 Å². The Labute approximate surface area is 113 Å². The number of benzene rings is 1. The molecule has 1 unspecified atom stereocenters. The molecule has 1 saturated heterocycles. The second-order valence-corrected chi connectivity index (χ2v) is 4.76. The Hall–Kier alpha value is -2.57. The molecule has 2 heterocycles. The fourth-order valence-electron chi connectivity index (χ4n) is 2.65. The number of aromatic nitrogens is 2. The number of hydrogen-bond donors (Lipinski definition) is 3. The summed E-state index contributed by atoms with van der Waals surface area (Å²) in [7, 11) is 0. The van der Waals surface area contributed by atoms with Crippen LogP contribution in [0.4, 0.5) is 0 Å². The molecular weight excluding hydrogens is 262 g/mol. The van der Waals surface area contributed by atoms with Gasteiger partial charge in [-0.15, -0.1) is 0 Å². The normalized spacial score (nSPS) is 19.0. The van der Waals surface area contributed by atoms with E-state index in [1.807, 2.05) is 0 Å². The Morgan fingerprint density at radius 1 is 1.35 bits per heavy atom. The van der Waals surface area contributed by atoms with Crippen molar-refractivity contribution in [3.63, 3.8) is 0 Å². The average Bonchev–Trinajstić information content (AvgIpc) is 2.75. The maximum Gasteiger partial charge on any atom is 0.337 e. The van der Waals surface area contributed by atoms with Gasteiger partial charge in [-0.3, -0.25) is 9.36 Å². The van der Waals surface area contributed by atoms with Gasteiger partial charge in [0, 0.05) is 6.54 Å². The first-order valence-corrected chi connectivity index (χ1v) is 6.34. The molecule has 3 N–H and O–H groups in total. The first kappa shape index (κ1) is 12.5. The van der Waals surface area contributed by atoms with Crippen molar-refractivity contribution in [2.24, 2.45) is 0 Å². The highest BCUT2D eigenvalue weighted by Crippen LogP contribution is 2.24. The van der Waals surface area contributed by atoms with E-state index in [9.17, 15) is 19.5 Å². The van der Waals surface area contributed by atoms with Gasteiger partial charge in [0.15, 0.2) is 0 Å². The molecule has 1 atom stereocenters. The Morgan fingerprint density at radius 2 is 2.15 bits per heavy atom. The largest absolute Gasteiger partial charge is 0.478 e. The van der Waals surface area contributed by atoms with E-state index in [0.29, 0.717) is 18.5 Å². The molecule has 104 valence electrons. The van der Waals surface area contributed by atoms with Crippen LogP contribution in [0.25, 0.3) is 11.0 Å². The van der Waals surface area contributed by atoms with Crippen LogP contribution in [0.3, 0.4) is 0 Å². The van der Waals surface area contributed by atoms with Crippen LogP contribution in [0.15, 0.2) is 23.0 Å². The van der Waals surface area contributed by atoms with Crippen molar-refractivity contribution in [2.45, 2.75) is 18.9 Å². The van der Waals surface area contributed by atoms with Gasteiger partial charge in [0.05, 0.1) is 16.6 Å². The van der Waals surface area contributed by atoms with Crippen molar-refractivity contribution >= 4 is 22.9 Å². The molecule has 1 aromatic carbocycles. The third-order valence-corrected chi connectivity index (χ3v) is 3.54. The number of aromatic carboxylic acids is 1. The maximum absolute atomic E-state index is 12.1. The van der Waals surface area contributed by atoms with Gasteiger partial charge in [-0.05, 0) is 25.0 Å². The fourth-order valence-corrected chi connectivity index (χ4v) is 2.65. The van der Waals surface area contributed by atoms with E-state index >= 15 is 0 Å². The lowest BCUT2D eigenvalue weighted by atomic mass is 10.1. The van der Waals surface area contributed by atoms with Gasteiger partial charge in [0.2, 0.25) is 5.91 Å². The van der Waals surface area contributed by atoms with Gasteiger partial charge in [-0.1, -0.05) is 6.07 Å². The molecule has 7 nitrogen and oxygen atoms in total. The smallest absolute Gasteiger partial charge is 0.337 e. The maximum atomic E-state index is 12.1. The Balaban J connectivity index is 2.29. The second kappa shape index (κ2) is 4.52. The summed E-state index contributed by atoms with van der Waals surface area (Å²) < 4.78 is 1.26. The lowest BCUT2D eigenvalue weighted by Crippen LogP contribution is -2.41. The number of carboxylic acid groups (broad SMARTS) is 1. The molecule has 1 aliphatic rings. The first-order valence-electron chi connectivity index (χ1n) is 6.34. The molecular formula is C13H13N3O4. The van der Waals surface area contributed by atoms with Gasteiger partial charge in [0.1, 0.15) is 6.04 Å². The summed E-state index contributed by atoms with van der Waals surface area (Å²) in [6, 6.07) is 3.95. The third-order valence-electron chi connectivity index (χ3n) is 3.54. The zero-order chi connectivity index (χ0) is 14.3. The predicted octanol–water partition coefficient (Wildman–Crippen LogP) is 0.479. The van der Waals surface area contributed by atoms with Gasteiger partial charge < -0.3 is 15.4 Å². The topological polar surface area (TPSA) is 104 Å². The molecule has 0 saturated carbocycles. The highest BCUT2D eigenvalue weighted by molar-refractivity contribution is 6.01. The quantitative estimate of drug-likeness (QED) is 0.741. The lowest BCUT2D eigenvalue weighted by Gasteiger charge is -2.23. The van der Waals surface area contributed by atoms with Gasteiger partial charge in [-0.2, -0.15) is 0 Å². The molecule has 1 amide bonds. The minimum absolute atomic E-state index is 0.0132. The van der Waals surface area contributed by atoms with Crippen molar-refractivity contribution in [1.29, 1.82) is 0 Å². The number of H-pyrrole nitrogens is 1. The second-order valence-electron chi connectivity index (χ2n) is 4.76. The highest BCUT2D eigenvalue weighted by atomic mass is 16.4. The SMILES string of the molecule is O=C(O)c1cccc2[nH]c(=O)n(C3CCCNC3=O)c12. The van der Waals surface area contributed by atoms with Crippen LogP contribution in [-0.4, -0.2) is 33.1 Å². The van der Waals surface area contributed by atoms with Crippen molar-refractivity contribution < 1.29 is 14.7 Å². The summed E-state index contributed by atoms with van der Waals surface area (Å²) in [6.07, 6.45) is 1.28. The number of hydrogen-bond acceptors (Lipinski definition) is 3. The van der Waals surface area contributed by atoms with Crippen molar-refractivity contribution in [2.75, 3.05) is 6.54 Å². The number of rotatable bonds is 2. The number of fused-ring (bicyclic) bond motifs is 1. The molecule has 1 fully saturated rings. The van der Waals surface area contributed by atoms with Crippen LogP contribution < -0.4 is 11.0 Å². The van der Waals surface area contributed by atoms with E-state index in [2.05, 4.69) is 10.3 Å². The minimum Gasteiger partial charge on any atom is -0.478 e. The van der Waals surface area contributed by atoms with E-state index in [1.165, 1.54) is 10.6 Å². The number of nitrogens with zero attached hydrogens (tertiary/aromatic N) is 1. The van der Waals surface area contributed by atoms with E-state index in [-0.39, 0.29) is 17.0 Å². The number of nitrogens with one attached hydrogen (secondary N) is 2. The van der Waals surface area contributed by atoms with Gasteiger partial charge in [-0.25, -0.2) is 9.59 Å². The van der Waals surface area contributed by atoms with Crippen LogP contribution in [0.5, 0.6) is 0 Å². The monoisotopic (exact) mass is 275 g/mol. The molecule has 0 radical (unpaired) electrons. The zero-order valence-corrected chi connectivity index (χ0v) is 10.5. The molecule has 0 spiro atoms. The third kappa shape index (κ3) is 1.78. The molecule has 0 aliphatic carbocycles. The predicted molar refractivity (Wildman–Crippen MR) is 70.8 cm³/mol. The summed E-state index contributed by atoms with van der Waals surface area (Å²) in [5.74, 6) is -1.38. The van der Waals surface area contributed by atoms with Crippen LogP contribution in [-0.2, 0) is 4.79 Å². The van der Waals surface area contributed by atoms with Gasteiger partial charge in [0.25, 0.3) is 0 Å². The number of carbonyl (C=O) groups excluding carboxylic acids is 1. The molecule has 2 aromatic rings. The molecule has 20 heavy (non-hydrogen) atoms. The highest BCUT2D eigenvalue weighted by Gasteiger charge is 2.28. The number of imidazole rings is 1. The Bertz CT molecular complexity index is 759. The molecule has 7 heteroatoms. The van der Waals surface area contributed by atoms with E-state index in [0.717, 1.165) is 6.42 Å². The summed E-state index contributed by atoms with van der Waals surface area (Å²) in [5.41, 5.74) is 0.246. The summed E-state index contributed by atoms with van der Waals surface area (Å²) in [6.45, 7) is 0.582. The number of amides is 1. The molecule has 1 aromatic heterocycles. The Morgan fingerprint density at radius 3 is 2.85 bits per heavy atom. The van der Waals surface area contributed by atoms with Crippen LogP contribution in [0.2, 0.25) is 0 Å². The summed E-state index contributed by atoms with van der Waals surface area (Å²) in [4.78, 5) is 37.9. The number of aromatic amines is 1. The van der Waals surface area contributed by atoms with E-state index in [1.54, 1.807) is 12.1 Å². The van der Waals surface area contributed by atoms with Crippen LogP contribution in [0.1, 0.15) is 29.2 Å². The number of carboxylic acids is 1. The van der Waals surface area contributed by atoms with Gasteiger partial charge >= 0.3 is 11.7 Å². The summed E-state index contributed by atoms with van der Waals surface area (Å²) in [5, 5.41) is 12.0. The van der Waals surface area contributed by atoms with E-state index < -0.39 is 17.7 Å². The molecule has 3 rings (SSSR count). The summed E-state index contributed by atoms with van der Waals surface area (Å²) >= 11 is 0. The molecule has 1 aliphatic heterocycles. The standard InChI is InChI=1S/C13H13N3O4/c17-11-9(5-2-6-14-11)16-10-7(12(18)19)3-1-4-8(10)15-13(16)20/h1,3-4,9H,2,5-6H2,(H,14,17)(H,15,20)(H,18,19).